The molecule has 0 radical (unpaired) electrons. The number of aromatic amines is 1. The number of halogens is 1. The molecule has 0 spiro atoms. The van der Waals surface area contributed by atoms with E-state index in [-0.39, 0.29) is 5.56 Å². The van der Waals surface area contributed by atoms with E-state index >= 15 is 0 Å². The van der Waals surface area contributed by atoms with Gasteiger partial charge in [0.05, 0.1) is 22.1 Å². The van der Waals surface area contributed by atoms with Gasteiger partial charge in [-0.05, 0) is 35.2 Å². The number of nitriles is 1. The van der Waals surface area contributed by atoms with Gasteiger partial charge >= 0.3 is 0 Å². The van der Waals surface area contributed by atoms with Crippen LogP contribution in [0.5, 0.6) is 0 Å². The van der Waals surface area contributed by atoms with Crippen LogP contribution in [0.25, 0.3) is 31.8 Å². The normalized spacial score (nSPS) is 11.6. The summed E-state index contributed by atoms with van der Waals surface area (Å²) in [6.45, 7) is 0. The molecule has 0 saturated heterocycles. The van der Waals surface area contributed by atoms with E-state index in [2.05, 4.69) is 16.0 Å². The molecular weight excluding hydrogens is 386 g/mol. The van der Waals surface area contributed by atoms with Crippen LogP contribution in [0.4, 0.5) is 0 Å². The average molecular weight is 396 g/mol. The minimum Gasteiger partial charge on any atom is -0.305 e. The van der Waals surface area contributed by atoms with E-state index in [1.54, 1.807) is 41.7 Å². The molecule has 126 valence electrons. The van der Waals surface area contributed by atoms with Gasteiger partial charge in [-0.1, -0.05) is 29.8 Å². The fourth-order valence-corrected chi connectivity index (χ4v) is 4.52. The molecule has 0 atom stereocenters. The largest absolute Gasteiger partial charge is 0.305 e. The number of benzene rings is 1. The molecule has 0 fully saturated rings. The Balaban J connectivity index is 1.76. The second-order valence-electron chi connectivity index (χ2n) is 5.45. The van der Waals surface area contributed by atoms with Gasteiger partial charge in [-0.2, -0.15) is 5.26 Å². The molecule has 0 aliphatic rings. The first kappa shape index (κ1) is 16.7. The molecule has 7 heteroatoms. The molecule has 0 aliphatic heterocycles. The summed E-state index contributed by atoms with van der Waals surface area (Å²) in [5.41, 5.74) is 2.08. The van der Waals surface area contributed by atoms with Crippen LogP contribution in [0, 0.1) is 11.3 Å². The molecule has 0 saturated carbocycles. The second-order valence-corrected chi connectivity index (χ2v) is 7.66. The van der Waals surface area contributed by atoms with Crippen LogP contribution in [0.1, 0.15) is 17.0 Å². The number of hydrogen-bond acceptors (Lipinski definition) is 5. The van der Waals surface area contributed by atoms with E-state index in [0.717, 1.165) is 16.0 Å². The van der Waals surface area contributed by atoms with E-state index in [4.69, 9.17) is 16.9 Å². The third-order valence-corrected chi connectivity index (χ3v) is 5.85. The maximum Gasteiger partial charge on any atom is 0.260 e. The molecule has 4 nitrogen and oxygen atoms in total. The van der Waals surface area contributed by atoms with Gasteiger partial charge in [0.1, 0.15) is 4.83 Å². The maximum absolute atomic E-state index is 12.6. The van der Waals surface area contributed by atoms with Crippen molar-refractivity contribution >= 4 is 55.6 Å². The predicted molar refractivity (Wildman–Crippen MR) is 108 cm³/mol. The average Bonchev–Trinajstić information content (AvgIpc) is 3.31. The topological polar surface area (TPSA) is 69.5 Å². The van der Waals surface area contributed by atoms with Crippen LogP contribution < -0.4 is 5.56 Å². The quantitative estimate of drug-likeness (QED) is 0.510. The molecule has 3 aromatic heterocycles. The van der Waals surface area contributed by atoms with Crippen molar-refractivity contribution in [1.29, 1.82) is 5.26 Å². The molecule has 1 aromatic carbocycles. The van der Waals surface area contributed by atoms with Crippen molar-refractivity contribution < 1.29 is 0 Å². The summed E-state index contributed by atoms with van der Waals surface area (Å²) in [5.74, 6) is 0.327. The van der Waals surface area contributed by atoms with Crippen molar-refractivity contribution in [2.24, 2.45) is 0 Å². The summed E-state index contributed by atoms with van der Waals surface area (Å²) < 4.78 is 0. The third kappa shape index (κ3) is 3.08. The first-order chi connectivity index (χ1) is 12.7. The van der Waals surface area contributed by atoms with Crippen LogP contribution in [0.15, 0.2) is 52.0 Å². The van der Waals surface area contributed by atoms with Crippen LogP contribution >= 0.6 is 34.3 Å². The van der Waals surface area contributed by atoms with Crippen molar-refractivity contribution in [3.05, 3.63) is 74.5 Å². The standard InChI is InChI=1S/C19H10ClN3OS2/c20-14(8-11-3-5-12(9-21)6-4-11)17-22-18(24)16-13(10-26-19(16)23-17)15-2-1-7-25-15/h1-8,10H,(H,22,23,24)/b14-8-. The van der Waals surface area contributed by atoms with E-state index in [9.17, 15) is 4.79 Å². The summed E-state index contributed by atoms with van der Waals surface area (Å²) in [7, 11) is 0. The van der Waals surface area contributed by atoms with E-state index < -0.39 is 0 Å². The molecule has 0 amide bonds. The molecule has 4 rings (SSSR count). The number of aromatic nitrogens is 2. The predicted octanol–water partition coefficient (Wildman–Crippen LogP) is 5.32. The number of nitrogens with one attached hydrogen (secondary N) is 1. The Bertz CT molecular complexity index is 1210. The van der Waals surface area contributed by atoms with Crippen molar-refractivity contribution in [1.82, 2.24) is 9.97 Å². The van der Waals surface area contributed by atoms with Crippen molar-refractivity contribution in [2.75, 3.05) is 0 Å². The Labute approximate surface area is 161 Å². The summed E-state index contributed by atoms with van der Waals surface area (Å²) >= 11 is 9.37. The van der Waals surface area contributed by atoms with Gasteiger partial charge in [0.15, 0.2) is 5.82 Å². The highest BCUT2D eigenvalue weighted by molar-refractivity contribution is 7.18. The Morgan fingerprint density at radius 2 is 2.04 bits per heavy atom. The van der Waals surface area contributed by atoms with Crippen LogP contribution in [-0.4, -0.2) is 9.97 Å². The molecule has 26 heavy (non-hydrogen) atoms. The lowest BCUT2D eigenvalue weighted by Gasteiger charge is -2.01. The number of H-pyrrole nitrogens is 1. The van der Waals surface area contributed by atoms with Gasteiger partial charge in [-0.15, -0.1) is 22.7 Å². The number of fused-ring (bicyclic) bond motifs is 1. The highest BCUT2D eigenvalue weighted by atomic mass is 35.5. The summed E-state index contributed by atoms with van der Waals surface area (Å²) in [6, 6.07) is 13.0. The fraction of sp³-hybridized carbons (Fsp3) is 0. The zero-order valence-electron chi connectivity index (χ0n) is 13.2. The monoisotopic (exact) mass is 395 g/mol. The lowest BCUT2D eigenvalue weighted by molar-refractivity contribution is 1.14. The molecule has 3 heterocycles. The van der Waals surface area contributed by atoms with Gasteiger partial charge in [0, 0.05) is 15.8 Å². The first-order valence-corrected chi connectivity index (χ1v) is 9.72. The van der Waals surface area contributed by atoms with Crippen LogP contribution in [0.2, 0.25) is 0 Å². The van der Waals surface area contributed by atoms with Crippen molar-refractivity contribution in [3.8, 4) is 16.5 Å². The van der Waals surface area contributed by atoms with Crippen molar-refractivity contribution in [2.45, 2.75) is 0 Å². The first-order valence-electron chi connectivity index (χ1n) is 7.59. The zero-order chi connectivity index (χ0) is 18.1. The number of hydrogen-bond donors (Lipinski definition) is 1. The number of thiophene rings is 2. The van der Waals surface area contributed by atoms with E-state index in [0.29, 0.717) is 26.6 Å². The number of rotatable bonds is 3. The van der Waals surface area contributed by atoms with Gasteiger partial charge < -0.3 is 4.98 Å². The summed E-state index contributed by atoms with van der Waals surface area (Å²) in [6.07, 6.45) is 1.71. The minimum atomic E-state index is -0.207. The van der Waals surface area contributed by atoms with Crippen LogP contribution in [0.3, 0.4) is 0 Å². The van der Waals surface area contributed by atoms with Gasteiger partial charge in [-0.25, -0.2) is 4.98 Å². The highest BCUT2D eigenvalue weighted by Gasteiger charge is 2.14. The highest BCUT2D eigenvalue weighted by Crippen LogP contribution is 2.34. The third-order valence-electron chi connectivity index (χ3n) is 3.79. The number of nitrogens with zero attached hydrogens (tertiary/aromatic N) is 2. The molecule has 0 unspecified atom stereocenters. The maximum atomic E-state index is 12.6. The van der Waals surface area contributed by atoms with Gasteiger partial charge in [-0.3, -0.25) is 4.79 Å². The zero-order valence-corrected chi connectivity index (χ0v) is 15.6. The lowest BCUT2D eigenvalue weighted by Crippen LogP contribution is -2.10. The van der Waals surface area contributed by atoms with Crippen LogP contribution in [-0.2, 0) is 0 Å². The molecule has 4 aromatic rings. The Morgan fingerprint density at radius 3 is 2.73 bits per heavy atom. The smallest absolute Gasteiger partial charge is 0.260 e. The Kier molecular flexibility index (Phi) is 4.43. The summed E-state index contributed by atoms with van der Waals surface area (Å²) in [4.78, 5) is 21.6. The SMILES string of the molecule is N#Cc1ccc(/C=C(\Cl)c2nc3scc(-c4cccs4)c3c(=O)[nH]2)cc1. The molecule has 0 bridgehead atoms. The molecule has 0 aliphatic carbocycles. The lowest BCUT2D eigenvalue weighted by atomic mass is 10.1. The van der Waals surface area contributed by atoms with E-state index in [1.807, 2.05) is 22.9 Å². The minimum absolute atomic E-state index is 0.207. The molecular formula is C19H10ClN3OS2. The Morgan fingerprint density at radius 1 is 1.23 bits per heavy atom. The second kappa shape index (κ2) is 6.89. The molecule has 1 N–H and O–H groups in total. The van der Waals surface area contributed by atoms with Crippen molar-refractivity contribution in [3.63, 3.8) is 0 Å². The van der Waals surface area contributed by atoms with Gasteiger partial charge in [0.2, 0.25) is 0 Å². The van der Waals surface area contributed by atoms with E-state index in [1.165, 1.54) is 11.3 Å². The summed E-state index contributed by atoms with van der Waals surface area (Å²) in [5, 5.41) is 13.7. The Hall–Kier alpha value is -2.72. The fourth-order valence-electron chi connectivity index (χ4n) is 2.54. The van der Waals surface area contributed by atoms with Gasteiger partial charge in [0.25, 0.3) is 5.56 Å².